The average Bonchev–Trinajstić information content (AvgIpc) is 2.87. The molecule has 19 heavy (non-hydrogen) atoms. The minimum atomic E-state index is -0.603. The number of carbonyl (C=O) groups excluding carboxylic acids is 1. The number of benzene rings is 1. The fourth-order valence-corrected chi connectivity index (χ4v) is 1.55. The van der Waals surface area contributed by atoms with E-state index in [2.05, 4.69) is 5.10 Å². The minimum absolute atomic E-state index is 0.0415. The van der Waals surface area contributed by atoms with Crippen molar-refractivity contribution in [1.82, 2.24) is 9.78 Å². The maximum Gasteiger partial charge on any atom is 0.389 e. The predicted octanol–water partition coefficient (Wildman–Crippen LogP) is 1.68. The van der Waals surface area contributed by atoms with E-state index in [1.807, 2.05) is 0 Å². The highest BCUT2D eigenvalue weighted by Crippen LogP contribution is 2.13. The molecule has 1 aromatic heterocycles. The van der Waals surface area contributed by atoms with E-state index in [-0.39, 0.29) is 18.1 Å². The lowest BCUT2D eigenvalue weighted by Gasteiger charge is -2.01. The van der Waals surface area contributed by atoms with Crippen molar-refractivity contribution in [2.75, 3.05) is 7.11 Å². The molecule has 0 aliphatic rings. The molecule has 0 saturated carbocycles. The van der Waals surface area contributed by atoms with E-state index in [4.69, 9.17) is 4.74 Å². The normalized spacial score (nSPS) is 10.2. The fourth-order valence-electron chi connectivity index (χ4n) is 1.55. The van der Waals surface area contributed by atoms with Crippen molar-refractivity contribution in [3.05, 3.63) is 52.2 Å². The van der Waals surface area contributed by atoms with Gasteiger partial charge in [-0.15, -0.1) is 0 Å². The van der Waals surface area contributed by atoms with Crippen molar-refractivity contribution in [1.29, 1.82) is 0 Å². The van der Waals surface area contributed by atoms with Crippen LogP contribution in [0.3, 0.4) is 0 Å². The molecule has 0 unspecified atom stereocenters. The molecule has 0 aliphatic carbocycles. The number of hydrogen-bond donors (Lipinski definition) is 0. The summed E-state index contributed by atoms with van der Waals surface area (Å²) in [7, 11) is 1.54. The SMILES string of the molecule is COc1ccc(C(=O)Cn2ccc([N+](=O)[O-])n2)cc1. The van der Waals surface area contributed by atoms with Gasteiger partial charge in [-0.2, -0.15) is 4.68 Å². The summed E-state index contributed by atoms with van der Waals surface area (Å²) in [5.74, 6) is 0.203. The Kier molecular flexibility index (Phi) is 3.56. The van der Waals surface area contributed by atoms with Gasteiger partial charge in [-0.25, -0.2) is 0 Å². The molecule has 7 nitrogen and oxygen atoms in total. The van der Waals surface area contributed by atoms with Crippen LogP contribution in [0.4, 0.5) is 5.82 Å². The Balaban J connectivity index is 2.08. The summed E-state index contributed by atoms with van der Waals surface area (Å²) in [6, 6.07) is 7.89. The maximum absolute atomic E-state index is 11.9. The van der Waals surface area contributed by atoms with Crippen LogP contribution in [-0.2, 0) is 6.54 Å². The maximum atomic E-state index is 11.9. The van der Waals surface area contributed by atoms with Crippen molar-refractivity contribution in [3.63, 3.8) is 0 Å². The lowest BCUT2D eigenvalue weighted by molar-refractivity contribution is -0.389. The highest BCUT2D eigenvalue weighted by atomic mass is 16.6. The molecular formula is C12H11N3O4. The molecular weight excluding hydrogens is 250 g/mol. The van der Waals surface area contributed by atoms with Gasteiger partial charge in [-0.1, -0.05) is 0 Å². The highest BCUT2D eigenvalue weighted by molar-refractivity contribution is 5.95. The molecule has 0 spiro atoms. The van der Waals surface area contributed by atoms with Crippen molar-refractivity contribution in [2.24, 2.45) is 0 Å². The third-order valence-electron chi connectivity index (χ3n) is 2.53. The summed E-state index contributed by atoms with van der Waals surface area (Å²) >= 11 is 0. The molecule has 0 saturated heterocycles. The zero-order chi connectivity index (χ0) is 13.8. The number of ether oxygens (including phenoxy) is 1. The largest absolute Gasteiger partial charge is 0.497 e. The molecule has 0 bridgehead atoms. The Labute approximate surface area is 108 Å². The Morgan fingerprint density at radius 2 is 2.05 bits per heavy atom. The van der Waals surface area contributed by atoms with Gasteiger partial charge in [0.15, 0.2) is 5.78 Å². The number of nitro groups is 1. The van der Waals surface area contributed by atoms with Gasteiger partial charge in [0.1, 0.15) is 12.3 Å². The summed E-state index contributed by atoms with van der Waals surface area (Å²) in [6.45, 7) is -0.0415. The van der Waals surface area contributed by atoms with Gasteiger partial charge in [0.05, 0.1) is 24.5 Å². The van der Waals surface area contributed by atoms with Crippen LogP contribution < -0.4 is 4.74 Å². The van der Waals surface area contributed by atoms with Crippen LogP contribution >= 0.6 is 0 Å². The van der Waals surface area contributed by atoms with Crippen LogP contribution in [-0.4, -0.2) is 27.6 Å². The highest BCUT2D eigenvalue weighted by Gasteiger charge is 2.14. The monoisotopic (exact) mass is 261 g/mol. The third-order valence-corrected chi connectivity index (χ3v) is 2.53. The summed E-state index contributed by atoms with van der Waals surface area (Å²) in [4.78, 5) is 21.8. The van der Waals surface area contributed by atoms with Gasteiger partial charge in [-0.05, 0) is 29.2 Å². The predicted molar refractivity (Wildman–Crippen MR) is 66.2 cm³/mol. The minimum Gasteiger partial charge on any atom is -0.497 e. The first kappa shape index (κ1) is 12.7. The second-order valence-corrected chi connectivity index (χ2v) is 3.78. The molecule has 98 valence electrons. The van der Waals surface area contributed by atoms with Gasteiger partial charge in [0.2, 0.25) is 0 Å². The number of rotatable bonds is 5. The summed E-state index contributed by atoms with van der Waals surface area (Å²) in [5.41, 5.74) is 0.499. The van der Waals surface area contributed by atoms with Crippen LogP contribution in [0.25, 0.3) is 0 Å². The molecule has 2 rings (SSSR count). The molecule has 1 aromatic carbocycles. The first-order chi connectivity index (χ1) is 9.10. The van der Waals surface area contributed by atoms with Crippen molar-refractivity contribution in [2.45, 2.75) is 6.54 Å². The molecule has 0 aliphatic heterocycles. The van der Waals surface area contributed by atoms with Gasteiger partial charge >= 0.3 is 5.82 Å². The Morgan fingerprint density at radius 3 is 2.58 bits per heavy atom. The standard InChI is InChI=1S/C12H11N3O4/c1-19-10-4-2-9(3-5-10)11(16)8-14-7-6-12(13-14)15(17)18/h2-7H,8H2,1H3. The summed E-state index contributed by atoms with van der Waals surface area (Å²) in [6.07, 6.45) is 1.40. The molecule has 0 amide bonds. The molecule has 2 aromatic rings. The Hall–Kier alpha value is -2.70. The van der Waals surface area contributed by atoms with Gasteiger partial charge in [-0.3, -0.25) is 4.79 Å². The lowest BCUT2D eigenvalue weighted by atomic mass is 10.1. The van der Waals surface area contributed by atoms with Gasteiger partial charge in [0.25, 0.3) is 0 Å². The number of aromatic nitrogens is 2. The quantitative estimate of drug-likeness (QED) is 0.464. The van der Waals surface area contributed by atoms with Crippen molar-refractivity contribution >= 4 is 11.6 Å². The second-order valence-electron chi connectivity index (χ2n) is 3.78. The summed E-state index contributed by atoms with van der Waals surface area (Å²) in [5, 5.41) is 14.2. The smallest absolute Gasteiger partial charge is 0.389 e. The third kappa shape index (κ3) is 2.95. The first-order valence-electron chi connectivity index (χ1n) is 5.45. The Morgan fingerprint density at radius 1 is 1.37 bits per heavy atom. The lowest BCUT2D eigenvalue weighted by Crippen LogP contribution is -2.11. The molecule has 0 N–H and O–H groups in total. The average molecular weight is 261 g/mol. The number of carbonyl (C=O) groups is 1. The topological polar surface area (TPSA) is 87.3 Å². The number of nitrogens with zero attached hydrogens (tertiary/aromatic N) is 3. The van der Waals surface area contributed by atoms with Crippen LogP contribution in [0.15, 0.2) is 36.5 Å². The van der Waals surface area contributed by atoms with Gasteiger partial charge in [0, 0.05) is 5.56 Å². The van der Waals surface area contributed by atoms with E-state index in [1.54, 1.807) is 31.4 Å². The van der Waals surface area contributed by atoms with Gasteiger partial charge < -0.3 is 14.9 Å². The van der Waals surface area contributed by atoms with E-state index in [0.717, 1.165) is 0 Å². The summed E-state index contributed by atoms with van der Waals surface area (Å²) < 4.78 is 6.23. The van der Waals surface area contributed by atoms with Crippen molar-refractivity contribution < 1.29 is 14.5 Å². The number of ketones is 1. The number of methoxy groups -OCH3 is 1. The molecule has 1 heterocycles. The zero-order valence-electron chi connectivity index (χ0n) is 10.1. The van der Waals surface area contributed by atoms with Crippen molar-refractivity contribution in [3.8, 4) is 5.75 Å². The number of Topliss-reactive ketones (excluding diaryl/α,β-unsaturated/α-hetero) is 1. The molecule has 0 radical (unpaired) electrons. The van der Waals surface area contributed by atoms with E-state index in [9.17, 15) is 14.9 Å². The second kappa shape index (κ2) is 5.30. The zero-order valence-corrected chi connectivity index (χ0v) is 10.1. The van der Waals surface area contributed by atoms with E-state index in [1.165, 1.54) is 16.9 Å². The molecule has 0 atom stereocenters. The van der Waals surface area contributed by atoms with E-state index >= 15 is 0 Å². The van der Waals surface area contributed by atoms with E-state index in [0.29, 0.717) is 11.3 Å². The first-order valence-corrected chi connectivity index (χ1v) is 5.45. The molecule has 7 heteroatoms. The molecule has 0 fully saturated rings. The van der Waals surface area contributed by atoms with E-state index < -0.39 is 4.92 Å². The van der Waals surface area contributed by atoms with Crippen LogP contribution in [0.1, 0.15) is 10.4 Å². The van der Waals surface area contributed by atoms with Crippen LogP contribution in [0.5, 0.6) is 5.75 Å². The van der Waals surface area contributed by atoms with Crippen LogP contribution in [0, 0.1) is 10.1 Å². The fraction of sp³-hybridized carbons (Fsp3) is 0.167. The Bertz CT molecular complexity index is 604. The number of hydrogen-bond acceptors (Lipinski definition) is 5. The van der Waals surface area contributed by atoms with Crippen LogP contribution in [0.2, 0.25) is 0 Å².